The van der Waals surface area contributed by atoms with Gasteiger partial charge >= 0.3 is 0 Å². The number of Topliss-reactive ketones (excluding diaryl/α,β-unsaturated/α-hetero) is 1. The molecule has 2 rings (SSSR count). The Morgan fingerprint density at radius 1 is 1.41 bits per heavy atom. The SMILES string of the molecule is Cc1cc(Br)c2c(c1)C(=O)C(=O)N2CC(N)=O. The van der Waals surface area contributed by atoms with Crippen LogP contribution in [0.15, 0.2) is 16.6 Å². The summed E-state index contributed by atoms with van der Waals surface area (Å²) in [5.41, 5.74) is 6.65. The topological polar surface area (TPSA) is 80.5 Å². The highest BCUT2D eigenvalue weighted by atomic mass is 79.9. The lowest BCUT2D eigenvalue weighted by molar-refractivity contribution is -0.120. The molecule has 5 nitrogen and oxygen atoms in total. The number of fused-ring (bicyclic) bond motifs is 1. The molecule has 0 aromatic heterocycles. The number of carbonyl (C=O) groups excluding carboxylic acids is 3. The highest BCUT2D eigenvalue weighted by Crippen LogP contribution is 2.36. The van der Waals surface area contributed by atoms with Crippen molar-refractivity contribution >= 4 is 39.2 Å². The van der Waals surface area contributed by atoms with Gasteiger partial charge in [0.15, 0.2) is 0 Å². The molecule has 1 aromatic carbocycles. The lowest BCUT2D eigenvalue weighted by Gasteiger charge is -2.15. The van der Waals surface area contributed by atoms with E-state index in [0.29, 0.717) is 15.7 Å². The van der Waals surface area contributed by atoms with Crippen LogP contribution in [0, 0.1) is 6.92 Å². The summed E-state index contributed by atoms with van der Waals surface area (Å²) in [5.74, 6) is -1.98. The highest BCUT2D eigenvalue weighted by molar-refractivity contribution is 9.10. The van der Waals surface area contributed by atoms with Crippen molar-refractivity contribution in [1.82, 2.24) is 0 Å². The van der Waals surface area contributed by atoms with Gasteiger partial charge in [-0.05, 0) is 40.5 Å². The Morgan fingerprint density at radius 3 is 2.65 bits per heavy atom. The molecular weight excluding hydrogens is 288 g/mol. The van der Waals surface area contributed by atoms with Crippen molar-refractivity contribution in [1.29, 1.82) is 0 Å². The van der Waals surface area contributed by atoms with Crippen LogP contribution in [0.1, 0.15) is 15.9 Å². The van der Waals surface area contributed by atoms with Gasteiger partial charge in [0.1, 0.15) is 6.54 Å². The van der Waals surface area contributed by atoms with Crippen LogP contribution in [0.2, 0.25) is 0 Å². The second kappa shape index (κ2) is 3.96. The molecule has 1 aliphatic rings. The monoisotopic (exact) mass is 296 g/mol. The van der Waals surface area contributed by atoms with Crippen LogP contribution in [-0.2, 0) is 9.59 Å². The number of halogens is 1. The maximum Gasteiger partial charge on any atom is 0.299 e. The van der Waals surface area contributed by atoms with E-state index in [1.165, 1.54) is 0 Å². The molecule has 0 bridgehead atoms. The summed E-state index contributed by atoms with van der Waals surface area (Å²) in [6.45, 7) is 1.53. The predicted octanol–water partition coefficient (Wildman–Crippen LogP) is 0.772. The second-order valence-electron chi connectivity index (χ2n) is 3.83. The average Bonchev–Trinajstić information content (AvgIpc) is 2.43. The molecule has 0 fully saturated rings. The summed E-state index contributed by atoms with van der Waals surface area (Å²) in [6, 6.07) is 3.40. The summed E-state index contributed by atoms with van der Waals surface area (Å²) in [7, 11) is 0. The van der Waals surface area contributed by atoms with Crippen LogP contribution in [0.25, 0.3) is 0 Å². The number of benzene rings is 1. The van der Waals surface area contributed by atoms with Crippen molar-refractivity contribution in [2.45, 2.75) is 6.92 Å². The minimum atomic E-state index is -0.717. The van der Waals surface area contributed by atoms with E-state index in [1.54, 1.807) is 12.1 Å². The zero-order valence-corrected chi connectivity index (χ0v) is 10.6. The van der Waals surface area contributed by atoms with Crippen LogP contribution in [0.3, 0.4) is 0 Å². The number of aryl methyl sites for hydroxylation is 1. The molecule has 0 saturated carbocycles. The predicted molar refractivity (Wildman–Crippen MR) is 64.8 cm³/mol. The summed E-state index contributed by atoms with van der Waals surface area (Å²) >= 11 is 3.29. The molecule has 0 radical (unpaired) electrons. The minimum absolute atomic E-state index is 0.292. The van der Waals surface area contributed by atoms with Crippen LogP contribution in [0.4, 0.5) is 5.69 Å². The Balaban J connectivity index is 2.60. The molecule has 0 saturated heterocycles. The molecule has 1 aromatic rings. The van der Waals surface area contributed by atoms with Gasteiger partial charge in [-0.25, -0.2) is 0 Å². The van der Waals surface area contributed by atoms with Gasteiger partial charge in [-0.15, -0.1) is 0 Å². The van der Waals surface area contributed by atoms with Gasteiger partial charge in [0.2, 0.25) is 5.91 Å². The number of amides is 2. The third-order valence-corrected chi connectivity index (χ3v) is 3.08. The summed E-state index contributed by atoms with van der Waals surface area (Å²) < 4.78 is 0.605. The van der Waals surface area contributed by atoms with E-state index in [2.05, 4.69) is 15.9 Å². The number of primary amides is 1. The van der Waals surface area contributed by atoms with Gasteiger partial charge in [-0.2, -0.15) is 0 Å². The second-order valence-corrected chi connectivity index (χ2v) is 4.68. The van der Waals surface area contributed by atoms with E-state index in [1.807, 2.05) is 6.92 Å². The molecule has 1 aliphatic heterocycles. The fourth-order valence-electron chi connectivity index (χ4n) is 1.83. The Kier molecular flexibility index (Phi) is 2.74. The van der Waals surface area contributed by atoms with Gasteiger partial charge in [-0.1, -0.05) is 0 Å². The lowest BCUT2D eigenvalue weighted by atomic mass is 10.1. The zero-order valence-electron chi connectivity index (χ0n) is 8.99. The summed E-state index contributed by atoms with van der Waals surface area (Å²) in [4.78, 5) is 35.4. The number of nitrogens with two attached hydrogens (primary N) is 1. The Morgan fingerprint density at radius 2 is 2.06 bits per heavy atom. The van der Waals surface area contributed by atoms with E-state index in [9.17, 15) is 14.4 Å². The smallest absolute Gasteiger partial charge is 0.299 e. The van der Waals surface area contributed by atoms with Crippen molar-refractivity contribution in [3.05, 3.63) is 27.7 Å². The summed E-state index contributed by atoms with van der Waals surface area (Å²) in [5, 5.41) is 0. The molecule has 6 heteroatoms. The van der Waals surface area contributed by atoms with E-state index in [-0.39, 0.29) is 6.54 Å². The van der Waals surface area contributed by atoms with Crippen molar-refractivity contribution in [3.63, 3.8) is 0 Å². The molecule has 1 heterocycles. The van der Waals surface area contributed by atoms with Crippen molar-refractivity contribution < 1.29 is 14.4 Å². The molecule has 2 N–H and O–H groups in total. The Labute approximate surface area is 106 Å². The summed E-state index contributed by atoms with van der Waals surface area (Å²) in [6.07, 6.45) is 0. The Bertz CT molecular complexity index is 554. The first-order chi connectivity index (χ1) is 7.91. The van der Waals surface area contributed by atoms with Crippen LogP contribution >= 0.6 is 15.9 Å². The third-order valence-electron chi connectivity index (χ3n) is 2.48. The number of carbonyl (C=O) groups is 3. The number of anilines is 1. The first-order valence-electron chi connectivity index (χ1n) is 4.86. The maximum atomic E-state index is 11.7. The van der Waals surface area contributed by atoms with Crippen molar-refractivity contribution in [3.8, 4) is 0 Å². The normalized spacial score (nSPS) is 14.1. The van der Waals surface area contributed by atoms with Gasteiger partial charge in [0.25, 0.3) is 11.7 Å². The minimum Gasteiger partial charge on any atom is -0.368 e. The molecule has 0 spiro atoms. The fourth-order valence-corrected chi connectivity index (χ4v) is 2.62. The van der Waals surface area contributed by atoms with Crippen LogP contribution in [-0.4, -0.2) is 24.1 Å². The zero-order chi connectivity index (χ0) is 12.7. The van der Waals surface area contributed by atoms with E-state index in [4.69, 9.17) is 5.73 Å². The number of rotatable bonds is 2. The maximum absolute atomic E-state index is 11.7. The van der Waals surface area contributed by atoms with E-state index in [0.717, 1.165) is 10.5 Å². The Hall–Kier alpha value is -1.69. The van der Waals surface area contributed by atoms with Crippen LogP contribution < -0.4 is 10.6 Å². The molecule has 0 aliphatic carbocycles. The number of nitrogens with zero attached hydrogens (tertiary/aromatic N) is 1. The van der Waals surface area contributed by atoms with Crippen LogP contribution in [0.5, 0.6) is 0 Å². The molecule has 2 amide bonds. The van der Waals surface area contributed by atoms with Gasteiger partial charge in [0.05, 0.1) is 11.3 Å². The van der Waals surface area contributed by atoms with Crippen molar-refractivity contribution in [2.24, 2.45) is 5.73 Å². The number of hydrogen-bond acceptors (Lipinski definition) is 3. The number of ketones is 1. The van der Waals surface area contributed by atoms with Gasteiger partial charge < -0.3 is 5.73 Å². The molecule has 0 atom stereocenters. The first kappa shape index (κ1) is 11.8. The molecule has 88 valence electrons. The highest BCUT2D eigenvalue weighted by Gasteiger charge is 2.38. The van der Waals surface area contributed by atoms with E-state index < -0.39 is 17.6 Å². The lowest BCUT2D eigenvalue weighted by Crippen LogP contribution is -2.37. The number of hydrogen-bond donors (Lipinski definition) is 1. The first-order valence-corrected chi connectivity index (χ1v) is 5.65. The average molecular weight is 297 g/mol. The molecular formula is C11H9BrN2O3. The molecule has 17 heavy (non-hydrogen) atoms. The molecule has 0 unspecified atom stereocenters. The third kappa shape index (κ3) is 1.84. The fraction of sp³-hybridized carbons (Fsp3) is 0.182. The van der Waals surface area contributed by atoms with Gasteiger partial charge in [-0.3, -0.25) is 19.3 Å². The van der Waals surface area contributed by atoms with E-state index >= 15 is 0 Å². The standard InChI is InChI=1S/C11H9BrN2O3/c1-5-2-6-9(7(12)3-5)14(4-8(13)15)11(17)10(6)16/h2-3H,4H2,1H3,(H2,13,15). The van der Waals surface area contributed by atoms with Crippen molar-refractivity contribution in [2.75, 3.05) is 11.4 Å². The quantitative estimate of drug-likeness (QED) is 0.819. The largest absolute Gasteiger partial charge is 0.368 e. The van der Waals surface area contributed by atoms with Gasteiger partial charge in [0, 0.05) is 4.47 Å².